The molecule has 0 aliphatic heterocycles. The average molecular weight is 400 g/mol. The third kappa shape index (κ3) is 6.28. The molecule has 1 aromatic rings. The molecule has 0 saturated heterocycles. The number of Topliss-reactive ketones (excluding diaryl/α,β-unsaturated/α-hetero) is 1. The highest BCUT2D eigenvalue weighted by Gasteiger charge is 2.36. The van der Waals surface area contributed by atoms with Gasteiger partial charge in [-0.3, -0.25) is 9.79 Å². The Morgan fingerprint density at radius 3 is 2.38 bits per heavy atom. The fourth-order valence-corrected chi connectivity index (χ4v) is 3.61. The highest BCUT2D eigenvalue weighted by atomic mass is 16.5. The van der Waals surface area contributed by atoms with E-state index >= 15 is 0 Å². The smallest absolute Gasteiger partial charge is 0.338 e. The van der Waals surface area contributed by atoms with E-state index in [0.717, 1.165) is 38.5 Å². The number of aliphatic imine (C=N–C) groups is 1. The number of esters is 1. The fourth-order valence-electron chi connectivity index (χ4n) is 3.61. The van der Waals surface area contributed by atoms with Crippen LogP contribution < -0.4 is 0 Å². The minimum Gasteiger partial charge on any atom is -0.511 e. The van der Waals surface area contributed by atoms with E-state index in [-0.39, 0.29) is 28.5 Å². The zero-order valence-electron chi connectivity index (χ0n) is 17.9. The minimum absolute atomic E-state index is 0.0653. The molecule has 0 aromatic heterocycles. The summed E-state index contributed by atoms with van der Waals surface area (Å²) >= 11 is 0. The van der Waals surface area contributed by atoms with Crippen LogP contribution >= 0.6 is 0 Å². The number of allylic oxidation sites excluding steroid dienone is 2. The van der Waals surface area contributed by atoms with Crippen LogP contribution in [0.5, 0.6) is 0 Å². The zero-order valence-corrected chi connectivity index (χ0v) is 17.9. The first-order valence-electron chi connectivity index (χ1n) is 10.7. The molecule has 0 bridgehead atoms. The Labute approximate surface area is 173 Å². The van der Waals surface area contributed by atoms with Gasteiger partial charge in [-0.15, -0.1) is 0 Å². The van der Waals surface area contributed by atoms with Crippen molar-refractivity contribution in [3.05, 3.63) is 41.2 Å². The van der Waals surface area contributed by atoms with Crippen molar-refractivity contribution in [2.75, 3.05) is 6.61 Å². The van der Waals surface area contributed by atoms with Gasteiger partial charge in [0, 0.05) is 19.1 Å². The van der Waals surface area contributed by atoms with Crippen LogP contribution in [0.2, 0.25) is 0 Å². The van der Waals surface area contributed by atoms with E-state index in [2.05, 4.69) is 25.8 Å². The maximum absolute atomic E-state index is 12.5. The van der Waals surface area contributed by atoms with E-state index in [9.17, 15) is 14.7 Å². The number of rotatable bonds is 10. The second-order valence-electron chi connectivity index (χ2n) is 7.85. The maximum Gasteiger partial charge on any atom is 0.338 e. The maximum atomic E-state index is 12.5. The van der Waals surface area contributed by atoms with Gasteiger partial charge in [0.05, 0.1) is 23.4 Å². The van der Waals surface area contributed by atoms with Gasteiger partial charge in [0.25, 0.3) is 0 Å². The fraction of sp³-hybridized carbons (Fsp3) is 0.542. The summed E-state index contributed by atoms with van der Waals surface area (Å²) in [4.78, 5) is 28.9. The number of ether oxygens (including phenoxy) is 1. The van der Waals surface area contributed by atoms with E-state index in [1.807, 2.05) is 0 Å². The first-order chi connectivity index (χ1) is 13.9. The topological polar surface area (TPSA) is 76.0 Å². The van der Waals surface area contributed by atoms with Gasteiger partial charge in [0.2, 0.25) is 0 Å². The second kappa shape index (κ2) is 10.9. The lowest BCUT2D eigenvalue weighted by Gasteiger charge is -2.34. The number of aliphatic hydroxyl groups excluding tert-OH is 1. The largest absolute Gasteiger partial charge is 0.511 e. The number of nitrogens with zero attached hydrogens (tertiary/aromatic N) is 1. The summed E-state index contributed by atoms with van der Waals surface area (Å²) in [7, 11) is 0. The molecule has 0 amide bonds. The van der Waals surface area contributed by atoms with E-state index in [0.29, 0.717) is 30.7 Å². The lowest BCUT2D eigenvalue weighted by atomic mass is 9.70. The molecule has 158 valence electrons. The Morgan fingerprint density at radius 2 is 1.79 bits per heavy atom. The summed E-state index contributed by atoms with van der Waals surface area (Å²) in [5.41, 5.74) is 1.24. The zero-order chi connectivity index (χ0) is 21.3. The van der Waals surface area contributed by atoms with E-state index < -0.39 is 0 Å². The number of aliphatic hydroxyl groups is 1. The SMILES string of the molecule is CCCCCCOC(=O)c1ccc(N=CC2=C(O)CC(CC)(CC)CC2=O)cc1. The van der Waals surface area contributed by atoms with Crippen LogP contribution in [0.1, 0.15) is 82.5 Å². The summed E-state index contributed by atoms with van der Waals surface area (Å²) in [5, 5.41) is 10.4. The molecule has 0 saturated carbocycles. The minimum atomic E-state index is -0.338. The van der Waals surface area contributed by atoms with Gasteiger partial charge in [0.1, 0.15) is 5.76 Å². The molecular formula is C24H33NO4. The van der Waals surface area contributed by atoms with Gasteiger partial charge in [-0.05, 0) is 48.9 Å². The Morgan fingerprint density at radius 1 is 1.10 bits per heavy atom. The van der Waals surface area contributed by atoms with Gasteiger partial charge >= 0.3 is 5.97 Å². The van der Waals surface area contributed by atoms with Crippen LogP contribution in [-0.2, 0) is 9.53 Å². The highest BCUT2D eigenvalue weighted by molar-refractivity contribution is 6.15. The Hall–Kier alpha value is -2.43. The van der Waals surface area contributed by atoms with Crippen LogP contribution in [0.25, 0.3) is 0 Å². The second-order valence-corrected chi connectivity index (χ2v) is 7.85. The summed E-state index contributed by atoms with van der Waals surface area (Å²) in [6, 6.07) is 6.74. The molecule has 1 aliphatic carbocycles. The molecule has 0 atom stereocenters. The number of unbranched alkanes of at least 4 members (excludes halogenated alkanes) is 3. The van der Waals surface area contributed by atoms with Crippen LogP contribution in [0, 0.1) is 5.41 Å². The first kappa shape index (κ1) is 22.9. The molecule has 1 N–H and O–H groups in total. The van der Waals surface area contributed by atoms with Gasteiger partial charge in [-0.25, -0.2) is 4.79 Å². The number of carbonyl (C=O) groups excluding carboxylic acids is 2. The number of hydrogen-bond donors (Lipinski definition) is 1. The predicted molar refractivity (Wildman–Crippen MR) is 116 cm³/mol. The van der Waals surface area contributed by atoms with Gasteiger partial charge in [-0.2, -0.15) is 0 Å². The Kier molecular flexibility index (Phi) is 8.62. The van der Waals surface area contributed by atoms with E-state index in [1.165, 1.54) is 6.21 Å². The monoisotopic (exact) mass is 399 g/mol. The van der Waals surface area contributed by atoms with Crippen molar-refractivity contribution in [1.29, 1.82) is 0 Å². The van der Waals surface area contributed by atoms with Gasteiger partial charge in [0.15, 0.2) is 5.78 Å². The molecule has 0 spiro atoms. The van der Waals surface area contributed by atoms with Crippen LogP contribution in [-0.4, -0.2) is 29.7 Å². The molecule has 0 unspecified atom stereocenters. The Bertz CT molecular complexity index is 758. The third-order valence-corrected chi connectivity index (χ3v) is 5.87. The Balaban J connectivity index is 1.98. The number of benzene rings is 1. The van der Waals surface area contributed by atoms with Crippen LogP contribution in [0.15, 0.2) is 40.6 Å². The van der Waals surface area contributed by atoms with Crippen molar-refractivity contribution >= 4 is 23.7 Å². The summed E-state index contributed by atoms with van der Waals surface area (Å²) < 4.78 is 5.28. The van der Waals surface area contributed by atoms with Crippen molar-refractivity contribution in [2.45, 2.75) is 72.1 Å². The average Bonchev–Trinajstić information content (AvgIpc) is 2.73. The van der Waals surface area contributed by atoms with Crippen molar-refractivity contribution in [1.82, 2.24) is 0 Å². The normalized spacial score (nSPS) is 16.4. The summed E-state index contributed by atoms with van der Waals surface area (Å²) in [6.07, 6.45) is 8.35. The lowest BCUT2D eigenvalue weighted by Crippen LogP contribution is -2.30. The molecule has 1 aromatic carbocycles. The van der Waals surface area contributed by atoms with Gasteiger partial charge < -0.3 is 9.84 Å². The molecule has 0 radical (unpaired) electrons. The standard InChI is InChI=1S/C24H33NO4/c1-4-7-8-9-14-29-23(28)18-10-12-19(13-11-18)25-17-20-21(26)15-24(5-2,6-3)16-22(20)27/h10-13,17,26H,4-9,14-16H2,1-3H3. The molecule has 0 heterocycles. The van der Waals surface area contributed by atoms with Crippen molar-refractivity contribution in [3.63, 3.8) is 0 Å². The molecule has 5 heteroatoms. The van der Waals surface area contributed by atoms with E-state index in [4.69, 9.17) is 4.74 Å². The lowest BCUT2D eigenvalue weighted by molar-refractivity contribution is -0.118. The van der Waals surface area contributed by atoms with Crippen molar-refractivity contribution in [2.24, 2.45) is 10.4 Å². The summed E-state index contributed by atoms with van der Waals surface area (Å²) in [6.45, 7) is 6.69. The number of ketones is 1. The molecule has 1 aliphatic rings. The number of carbonyl (C=O) groups is 2. The molecule has 5 nitrogen and oxygen atoms in total. The van der Waals surface area contributed by atoms with Gasteiger partial charge in [-0.1, -0.05) is 40.0 Å². The van der Waals surface area contributed by atoms with Crippen molar-refractivity contribution in [3.8, 4) is 0 Å². The molecule has 0 fully saturated rings. The van der Waals surface area contributed by atoms with Crippen molar-refractivity contribution < 1.29 is 19.4 Å². The van der Waals surface area contributed by atoms with E-state index in [1.54, 1.807) is 24.3 Å². The quantitative estimate of drug-likeness (QED) is 0.293. The highest BCUT2D eigenvalue weighted by Crippen LogP contribution is 2.41. The first-order valence-corrected chi connectivity index (χ1v) is 10.7. The predicted octanol–water partition coefficient (Wildman–Crippen LogP) is 6.11. The molecule has 29 heavy (non-hydrogen) atoms. The molecular weight excluding hydrogens is 366 g/mol. The summed E-state index contributed by atoms with van der Waals surface area (Å²) in [5.74, 6) is -0.281. The molecule has 2 rings (SSSR count). The van der Waals surface area contributed by atoms with Crippen LogP contribution in [0.4, 0.5) is 5.69 Å². The van der Waals surface area contributed by atoms with Crippen LogP contribution in [0.3, 0.4) is 0 Å². The third-order valence-electron chi connectivity index (χ3n) is 5.87. The number of hydrogen-bond acceptors (Lipinski definition) is 5.